The molecule has 0 atom stereocenters. The highest BCUT2D eigenvalue weighted by Crippen LogP contribution is 2.36. The van der Waals surface area contributed by atoms with Gasteiger partial charge >= 0.3 is 0 Å². The Morgan fingerprint density at radius 1 is 1.57 bits per heavy atom. The summed E-state index contributed by atoms with van der Waals surface area (Å²) in [5.74, 6) is 0. The zero-order chi connectivity index (χ0) is 10.1. The monoisotopic (exact) mass is 288 g/mol. The highest BCUT2D eigenvalue weighted by molar-refractivity contribution is 9.10. The fraction of sp³-hybridized carbons (Fsp3) is 0.222. The van der Waals surface area contributed by atoms with E-state index in [0.717, 1.165) is 15.2 Å². The molecule has 0 saturated carbocycles. The van der Waals surface area contributed by atoms with Crippen LogP contribution in [0, 0.1) is 6.92 Å². The summed E-state index contributed by atoms with van der Waals surface area (Å²) in [5, 5.41) is 3.11. The molecular formula is C9H9BrN2S2. The molecule has 2 rings (SSSR count). The number of thiophene rings is 1. The van der Waals surface area contributed by atoms with Crippen molar-refractivity contribution in [2.75, 3.05) is 0 Å². The van der Waals surface area contributed by atoms with E-state index in [9.17, 15) is 0 Å². The minimum Gasteiger partial charge on any atom is -0.325 e. The maximum absolute atomic E-state index is 5.59. The molecule has 0 amide bonds. The van der Waals surface area contributed by atoms with Gasteiger partial charge in [-0.3, -0.25) is 0 Å². The number of rotatable bonds is 2. The molecule has 0 aromatic carbocycles. The number of thiazole rings is 1. The molecule has 2 aromatic heterocycles. The number of hydrogen-bond donors (Lipinski definition) is 1. The van der Waals surface area contributed by atoms with Crippen LogP contribution in [0.1, 0.15) is 10.6 Å². The van der Waals surface area contributed by atoms with Gasteiger partial charge in [-0.05, 0) is 34.3 Å². The van der Waals surface area contributed by atoms with Crippen molar-refractivity contribution < 1.29 is 0 Å². The standard InChI is InChI=1S/C9H9BrN2S2/c1-5-7(4-11)12-9(14-5)8-6(10)2-3-13-8/h2-3H,4,11H2,1H3. The SMILES string of the molecule is Cc1sc(-c2sccc2Br)nc1CN. The summed E-state index contributed by atoms with van der Waals surface area (Å²) in [7, 11) is 0. The highest BCUT2D eigenvalue weighted by Gasteiger charge is 2.11. The molecule has 2 N–H and O–H groups in total. The van der Waals surface area contributed by atoms with Gasteiger partial charge in [0.25, 0.3) is 0 Å². The summed E-state index contributed by atoms with van der Waals surface area (Å²) in [6.07, 6.45) is 0. The Labute approximate surface area is 98.9 Å². The van der Waals surface area contributed by atoms with Crippen LogP contribution in [-0.4, -0.2) is 4.98 Å². The van der Waals surface area contributed by atoms with E-state index in [2.05, 4.69) is 33.2 Å². The van der Waals surface area contributed by atoms with E-state index >= 15 is 0 Å². The number of halogens is 1. The zero-order valence-electron chi connectivity index (χ0n) is 7.58. The summed E-state index contributed by atoms with van der Waals surface area (Å²) in [4.78, 5) is 6.91. The second-order valence-corrected chi connectivity index (χ2v) is 5.80. The van der Waals surface area contributed by atoms with E-state index in [1.165, 1.54) is 9.75 Å². The van der Waals surface area contributed by atoms with E-state index in [0.29, 0.717) is 6.54 Å². The molecule has 5 heteroatoms. The second kappa shape index (κ2) is 4.10. The lowest BCUT2D eigenvalue weighted by Gasteiger charge is -1.90. The topological polar surface area (TPSA) is 38.9 Å². The normalized spacial score (nSPS) is 10.8. The lowest BCUT2D eigenvalue weighted by atomic mass is 10.4. The van der Waals surface area contributed by atoms with Gasteiger partial charge in [-0.1, -0.05) is 0 Å². The number of hydrogen-bond acceptors (Lipinski definition) is 4. The van der Waals surface area contributed by atoms with Gasteiger partial charge in [-0.25, -0.2) is 4.98 Å². The van der Waals surface area contributed by atoms with Crippen molar-refractivity contribution in [2.45, 2.75) is 13.5 Å². The Hall–Kier alpha value is -0.230. The fourth-order valence-electron chi connectivity index (χ4n) is 1.16. The number of aromatic nitrogens is 1. The minimum absolute atomic E-state index is 0.519. The van der Waals surface area contributed by atoms with Crippen molar-refractivity contribution >= 4 is 38.6 Å². The molecule has 0 radical (unpaired) electrons. The summed E-state index contributed by atoms with van der Waals surface area (Å²) in [6.45, 7) is 2.58. The molecule has 74 valence electrons. The van der Waals surface area contributed by atoms with Crippen molar-refractivity contribution in [3.63, 3.8) is 0 Å². The van der Waals surface area contributed by atoms with E-state index in [-0.39, 0.29) is 0 Å². The Morgan fingerprint density at radius 2 is 2.36 bits per heavy atom. The van der Waals surface area contributed by atoms with Gasteiger partial charge in [-0.15, -0.1) is 22.7 Å². The van der Waals surface area contributed by atoms with Gasteiger partial charge in [0, 0.05) is 15.9 Å². The smallest absolute Gasteiger partial charge is 0.135 e. The molecule has 0 aliphatic heterocycles. The molecule has 14 heavy (non-hydrogen) atoms. The molecule has 0 spiro atoms. The summed E-state index contributed by atoms with van der Waals surface area (Å²) < 4.78 is 1.11. The zero-order valence-corrected chi connectivity index (χ0v) is 10.8. The molecule has 0 fully saturated rings. The van der Waals surface area contributed by atoms with Gasteiger partial charge in [0.05, 0.1) is 10.6 Å². The quantitative estimate of drug-likeness (QED) is 0.920. The highest BCUT2D eigenvalue weighted by atomic mass is 79.9. The molecule has 2 heterocycles. The third kappa shape index (κ3) is 1.77. The Kier molecular flexibility index (Phi) is 3.02. The molecule has 0 aliphatic carbocycles. The molecule has 0 bridgehead atoms. The molecule has 0 unspecified atom stereocenters. The first-order valence-corrected chi connectivity index (χ1v) is 6.61. The molecular weight excluding hydrogens is 280 g/mol. The molecule has 0 saturated heterocycles. The predicted octanol–water partition coefficient (Wildman–Crippen LogP) is 3.40. The fourth-order valence-corrected chi connectivity index (χ4v) is 3.90. The van der Waals surface area contributed by atoms with Crippen LogP contribution in [0.2, 0.25) is 0 Å². The Bertz CT molecular complexity index is 447. The van der Waals surface area contributed by atoms with Crippen molar-refractivity contribution in [3.05, 3.63) is 26.5 Å². The van der Waals surface area contributed by atoms with Crippen LogP contribution < -0.4 is 5.73 Å². The van der Waals surface area contributed by atoms with Crippen molar-refractivity contribution in [1.82, 2.24) is 4.98 Å². The second-order valence-electron chi connectivity index (χ2n) is 2.82. The summed E-state index contributed by atoms with van der Waals surface area (Å²) in [5.41, 5.74) is 6.60. The third-order valence-electron chi connectivity index (χ3n) is 1.90. The van der Waals surface area contributed by atoms with Crippen LogP contribution >= 0.6 is 38.6 Å². The number of nitrogens with zero attached hydrogens (tertiary/aromatic N) is 1. The maximum atomic E-state index is 5.59. The molecule has 2 nitrogen and oxygen atoms in total. The van der Waals surface area contributed by atoms with Crippen LogP contribution in [0.5, 0.6) is 0 Å². The first kappa shape index (κ1) is 10.3. The van der Waals surface area contributed by atoms with Crippen molar-refractivity contribution in [3.8, 4) is 9.88 Å². The molecule has 0 aliphatic rings. The first-order chi connectivity index (χ1) is 6.72. The van der Waals surface area contributed by atoms with Crippen molar-refractivity contribution in [2.24, 2.45) is 5.73 Å². The Morgan fingerprint density at radius 3 is 2.86 bits per heavy atom. The van der Waals surface area contributed by atoms with Gasteiger partial charge in [0.15, 0.2) is 0 Å². The van der Waals surface area contributed by atoms with E-state index < -0.39 is 0 Å². The van der Waals surface area contributed by atoms with Gasteiger partial charge in [-0.2, -0.15) is 0 Å². The van der Waals surface area contributed by atoms with Crippen LogP contribution in [0.15, 0.2) is 15.9 Å². The van der Waals surface area contributed by atoms with E-state index in [1.54, 1.807) is 22.7 Å². The van der Waals surface area contributed by atoms with Crippen LogP contribution in [0.3, 0.4) is 0 Å². The van der Waals surface area contributed by atoms with Gasteiger partial charge < -0.3 is 5.73 Å². The van der Waals surface area contributed by atoms with Crippen LogP contribution in [-0.2, 0) is 6.54 Å². The van der Waals surface area contributed by atoms with Crippen molar-refractivity contribution in [1.29, 1.82) is 0 Å². The predicted molar refractivity (Wildman–Crippen MR) is 65.8 cm³/mol. The number of aryl methyl sites for hydroxylation is 1. The third-order valence-corrected chi connectivity index (χ3v) is 4.90. The molecule has 2 aromatic rings. The summed E-state index contributed by atoms with van der Waals surface area (Å²) in [6, 6.07) is 2.04. The number of nitrogens with two attached hydrogens (primary N) is 1. The van der Waals surface area contributed by atoms with Gasteiger partial charge in [0.1, 0.15) is 5.01 Å². The lowest BCUT2D eigenvalue weighted by molar-refractivity contribution is 0.999. The average Bonchev–Trinajstić information content (AvgIpc) is 2.71. The van der Waals surface area contributed by atoms with E-state index in [1.807, 2.05) is 6.07 Å². The first-order valence-electron chi connectivity index (χ1n) is 4.12. The lowest BCUT2D eigenvalue weighted by Crippen LogP contribution is -1.97. The summed E-state index contributed by atoms with van der Waals surface area (Å²) >= 11 is 6.90. The maximum Gasteiger partial charge on any atom is 0.135 e. The Balaban J connectivity index is 2.47. The largest absolute Gasteiger partial charge is 0.325 e. The van der Waals surface area contributed by atoms with Crippen LogP contribution in [0.4, 0.5) is 0 Å². The average molecular weight is 289 g/mol. The van der Waals surface area contributed by atoms with E-state index in [4.69, 9.17) is 5.73 Å². The minimum atomic E-state index is 0.519. The van der Waals surface area contributed by atoms with Gasteiger partial charge in [0.2, 0.25) is 0 Å². The van der Waals surface area contributed by atoms with Crippen LogP contribution in [0.25, 0.3) is 9.88 Å².